The summed E-state index contributed by atoms with van der Waals surface area (Å²) in [6.07, 6.45) is 3.59. The molecule has 1 atom stereocenters. The molecule has 3 fully saturated rings. The molecule has 13 heteroatoms. The zero-order valence-electron chi connectivity index (χ0n) is 24.5. The monoisotopic (exact) mass is 618 g/mol. The van der Waals surface area contributed by atoms with Crippen molar-refractivity contribution < 1.29 is 17.6 Å². The molecule has 0 radical (unpaired) electrons. The van der Waals surface area contributed by atoms with E-state index in [4.69, 9.17) is 4.98 Å². The van der Waals surface area contributed by atoms with Crippen LogP contribution in [0.25, 0.3) is 11.0 Å². The zero-order chi connectivity index (χ0) is 30.4. The van der Waals surface area contributed by atoms with E-state index < -0.39 is 15.8 Å². The molecule has 2 aromatic heterocycles. The second-order valence-corrected chi connectivity index (χ2v) is 14.1. The summed E-state index contributed by atoms with van der Waals surface area (Å²) in [4.78, 5) is 30.7. The first-order valence-corrected chi connectivity index (χ1v) is 16.5. The van der Waals surface area contributed by atoms with Crippen molar-refractivity contribution in [1.29, 1.82) is 0 Å². The molecule has 7 rings (SSSR count). The number of rotatable bonds is 9. The number of sulfonamides is 1. The zero-order valence-corrected chi connectivity index (χ0v) is 25.3. The summed E-state index contributed by atoms with van der Waals surface area (Å²) >= 11 is 0. The lowest BCUT2D eigenvalue weighted by Crippen LogP contribution is -2.44. The molecule has 0 unspecified atom stereocenters. The van der Waals surface area contributed by atoms with Crippen molar-refractivity contribution in [2.45, 2.75) is 30.6 Å². The van der Waals surface area contributed by atoms with Gasteiger partial charge in [-0.1, -0.05) is 12.1 Å². The summed E-state index contributed by atoms with van der Waals surface area (Å²) in [6, 6.07) is 13.5. The predicted octanol–water partition coefficient (Wildman–Crippen LogP) is 3.80. The molecule has 0 bridgehead atoms. The van der Waals surface area contributed by atoms with E-state index >= 15 is 0 Å². The second-order valence-electron chi connectivity index (χ2n) is 11.9. The maximum atomic E-state index is 14.0. The average Bonchev–Trinajstić information content (AvgIpc) is 3.64. The van der Waals surface area contributed by atoms with Crippen LogP contribution in [0.5, 0.6) is 0 Å². The van der Waals surface area contributed by atoms with Crippen LogP contribution < -0.4 is 15.5 Å². The van der Waals surface area contributed by atoms with Crippen LogP contribution in [-0.4, -0.2) is 96.0 Å². The van der Waals surface area contributed by atoms with Crippen LogP contribution in [0, 0.1) is 5.82 Å². The lowest BCUT2D eigenvalue weighted by molar-refractivity contribution is 0.104. The summed E-state index contributed by atoms with van der Waals surface area (Å²) in [7, 11) is -1.17. The fraction of sp³-hybridized carbons (Fsp3) is 0.387. The minimum absolute atomic E-state index is 0.204. The number of fused-ring (bicyclic) bond motifs is 1. The summed E-state index contributed by atoms with van der Waals surface area (Å²) < 4.78 is 41.3. The van der Waals surface area contributed by atoms with E-state index in [9.17, 15) is 17.6 Å². The number of piperazine rings is 1. The molecule has 4 heterocycles. The van der Waals surface area contributed by atoms with Gasteiger partial charge >= 0.3 is 0 Å². The van der Waals surface area contributed by atoms with Crippen LogP contribution >= 0.6 is 0 Å². The van der Waals surface area contributed by atoms with Crippen LogP contribution in [0.1, 0.15) is 35.2 Å². The van der Waals surface area contributed by atoms with Gasteiger partial charge in [-0.25, -0.2) is 12.8 Å². The molecule has 0 spiro atoms. The Hall–Kier alpha value is -4.07. The number of H-pyrrole nitrogens is 1. The standard InChI is InChI=1S/C31H35FN8O3S/c1-38-13-15-39(16-14-38)24-7-5-22(6-8-24)35-31-36-29-27(26(18-33-29)28(41)20-3-2-4-21(32)17-20)30(37-31)34-23-11-12-40(19-23)44(42,43)25-9-10-25/h2-8,17-18,23,25H,9-16,19H2,1H3,(H3,33,34,35,36,37)/t23-/m0/s1. The molecule has 1 saturated carbocycles. The number of anilines is 4. The van der Waals surface area contributed by atoms with Gasteiger partial charge in [0.1, 0.15) is 17.3 Å². The number of hydrogen-bond acceptors (Lipinski definition) is 9. The van der Waals surface area contributed by atoms with Gasteiger partial charge in [-0.05, 0) is 62.7 Å². The number of halogens is 1. The van der Waals surface area contributed by atoms with Gasteiger partial charge in [-0.3, -0.25) is 4.79 Å². The van der Waals surface area contributed by atoms with E-state index in [1.54, 1.807) is 16.6 Å². The Morgan fingerprint density at radius 2 is 1.77 bits per heavy atom. The Balaban J connectivity index is 1.18. The van der Waals surface area contributed by atoms with Gasteiger partial charge in [-0.15, -0.1) is 0 Å². The highest BCUT2D eigenvalue weighted by Crippen LogP contribution is 2.34. The van der Waals surface area contributed by atoms with Crippen molar-refractivity contribution in [2.24, 2.45) is 0 Å². The summed E-state index contributed by atoms with van der Waals surface area (Å²) in [6.45, 7) is 4.74. The summed E-state index contributed by atoms with van der Waals surface area (Å²) in [5.41, 5.74) is 2.90. The number of carbonyl (C=O) groups is 1. The first kappa shape index (κ1) is 28.7. The van der Waals surface area contributed by atoms with Crippen molar-refractivity contribution in [3.05, 3.63) is 71.7 Å². The number of carbonyl (C=O) groups excluding carboxylic acids is 1. The van der Waals surface area contributed by atoms with Gasteiger partial charge in [-0.2, -0.15) is 14.3 Å². The van der Waals surface area contributed by atoms with Crippen LogP contribution in [0.15, 0.2) is 54.7 Å². The fourth-order valence-corrected chi connectivity index (χ4v) is 7.86. The van der Waals surface area contributed by atoms with Crippen molar-refractivity contribution in [3.8, 4) is 0 Å². The number of aromatic amines is 1. The van der Waals surface area contributed by atoms with Crippen LogP contribution in [-0.2, 0) is 10.0 Å². The van der Waals surface area contributed by atoms with Crippen molar-refractivity contribution in [1.82, 2.24) is 24.2 Å². The molecular formula is C31H35FN8O3S. The number of benzene rings is 2. The first-order valence-electron chi connectivity index (χ1n) is 15.0. The van der Waals surface area contributed by atoms with Crippen molar-refractivity contribution in [3.63, 3.8) is 0 Å². The quantitative estimate of drug-likeness (QED) is 0.240. The second kappa shape index (κ2) is 11.5. The Morgan fingerprint density at radius 3 is 2.50 bits per heavy atom. The maximum Gasteiger partial charge on any atom is 0.231 e. The van der Waals surface area contributed by atoms with E-state index in [1.807, 2.05) is 12.1 Å². The van der Waals surface area contributed by atoms with E-state index in [0.717, 1.165) is 37.6 Å². The molecule has 11 nitrogen and oxygen atoms in total. The lowest BCUT2D eigenvalue weighted by Gasteiger charge is -2.34. The van der Waals surface area contributed by atoms with E-state index in [-0.39, 0.29) is 22.6 Å². The minimum Gasteiger partial charge on any atom is -0.369 e. The maximum absolute atomic E-state index is 14.0. The van der Waals surface area contributed by atoms with Crippen LogP contribution in [0.2, 0.25) is 0 Å². The molecule has 0 amide bonds. The topological polar surface area (TPSA) is 127 Å². The SMILES string of the molecule is CN1CCN(c2ccc(Nc3nc(N[C@H]4CCN(S(=O)(=O)C5CC5)C4)c4c(C(=O)c5cccc(F)c5)c[nH]c4n3)cc2)CC1. The molecule has 2 aliphatic heterocycles. The first-order chi connectivity index (χ1) is 21.2. The third-order valence-electron chi connectivity index (χ3n) is 8.65. The van der Waals surface area contributed by atoms with Crippen molar-refractivity contribution >= 4 is 50.0 Å². The number of likely N-dealkylation sites (N-methyl/N-ethyl adjacent to an activating group) is 1. The minimum atomic E-state index is -3.30. The molecule has 44 heavy (non-hydrogen) atoms. The molecule has 230 valence electrons. The van der Waals surface area contributed by atoms with Crippen LogP contribution in [0.4, 0.5) is 27.5 Å². The van der Waals surface area contributed by atoms with Gasteiger partial charge < -0.3 is 25.4 Å². The number of hydrogen-bond donors (Lipinski definition) is 3. The number of aromatic nitrogens is 3. The highest BCUT2D eigenvalue weighted by molar-refractivity contribution is 7.90. The molecule has 2 saturated heterocycles. The Bertz CT molecular complexity index is 1800. The Labute approximate surface area is 255 Å². The number of nitrogens with one attached hydrogen (secondary N) is 3. The molecule has 2 aromatic carbocycles. The molecule has 3 aliphatic rings. The predicted molar refractivity (Wildman–Crippen MR) is 169 cm³/mol. The van der Waals surface area contributed by atoms with Gasteiger partial charge in [0, 0.05) is 68.4 Å². The van der Waals surface area contributed by atoms with Gasteiger partial charge in [0.15, 0.2) is 5.78 Å². The summed E-state index contributed by atoms with van der Waals surface area (Å²) in [5.74, 6) is -0.145. The van der Waals surface area contributed by atoms with E-state index in [1.165, 1.54) is 18.2 Å². The molecular weight excluding hydrogens is 583 g/mol. The smallest absolute Gasteiger partial charge is 0.231 e. The third kappa shape index (κ3) is 5.74. The fourth-order valence-electron chi connectivity index (χ4n) is 5.95. The Morgan fingerprint density at radius 1 is 1.00 bits per heavy atom. The van der Waals surface area contributed by atoms with E-state index in [0.29, 0.717) is 60.7 Å². The van der Waals surface area contributed by atoms with Gasteiger partial charge in [0.25, 0.3) is 0 Å². The average molecular weight is 619 g/mol. The molecule has 4 aromatic rings. The third-order valence-corrected chi connectivity index (χ3v) is 11.0. The van der Waals surface area contributed by atoms with Gasteiger partial charge in [0.05, 0.1) is 16.2 Å². The highest BCUT2D eigenvalue weighted by atomic mass is 32.2. The highest BCUT2D eigenvalue weighted by Gasteiger charge is 2.43. The van der Waals surface area contributed by atoms with Crippen LogP contribution in [0.3, 0.4) is 0 Å². The molecule has 1 aliphatic carbocycles. The lowest BCUT2D eigenvalue weighted by atomic mass is 10.0. The summed E-state index contributed by atoms with van der Waals surface area (Å²) in [5, 5.41) is 6.90. The normalized spacial score (nSPS) is 19.9. The largest absolute Gasteiger partial charge is 0.369 e. The van der Waals surface area contributed by atoms with Crippen molar-refractivity contribution in [2.75, 3.05) is 61.8 Å². The van der Waals surface area contributed by atoms with Gasteiger partial charge in [0.2, 0.25) is 16.0 Å². The molecule has 3 N–H and O–H groups in total. The number of ketones is 1. The number of nitrogens with zero attached hydrogens (tertiary/aromatic N) is 5. The van der Waals surface area contributed by atoms with E-state index in [2.05, 4.69) is 49.6 Å². The Kier molecular flexibility index (Phi) is 7.47.